The number of nitrogen functional groups attached to an aromatic ring is 1. The van der Waals surface area contributed by atoms with E-state index >= 15 is 0 Å². The third-order valence-corrected chi connectivity index (χ3v) is 4.85. The van der Waals surface area contributed by atoms with Crippen molar-refractivity contribution in [2.24, 2.45) is 5.73 Å². The van der Waals surface area contributed by atoms with Gasteiger partial charge in [-0.2, -0.15) is 0 Å². The van der Waals surface area contributed by atoms with Crippen molar-refractivity contribution in [2.75, 3.05) is 29.0 Å². The van der Waals surface area contributed by atoms with Crippen LogP contribution in [-0.4, -0.2) is 23.1 Å². The van der Waals surface area contributed by atoms with Crippen LogP contribution < -0.4 is 21.7 Å². The maximum absolute atomic E-state index is 6.53. The van der Waals surface area contributed by atoms with Crippen LogP contribution in [0.4, 0.5) is 23.1 Å². The molecule has 0 bridgehead atoms. The maximum atomic E-state index is 6.53. The molecule has 1 aliphatic carbocycles. The minimum absolute atomic E-state index is 0.206. The third-order valence-electron chi connectivity index (χ3n) is 4.85. The molecule has 4 rings (SSSR count). The Balaban J connectivity index is 1.68. The Hall–Kier alpha value is -2.34. The number of aromatic nitrogens is 2. The highest BCUT2D eigenvalue weighted by molar-refractivity contribution is 5.61. The van der Waals surface area contributed by atoms with Gasteiger partial charge in [-0.25, -0.2) is 9.97 Å². The van der Waals surface area contributed by atoms with Gasteiger partial charge in [0.25, 0.3) is 0 Å². The van der Waals surface area contributed by atoms with Gasteiger partial charge in [-0.1, -0.05) is 0 Å². The molecule has 1 aliphatic heterocycles. The molecule has 6 heteroatoms. The van der Waals surface area contributed by atoms with Gasteiger partial charge in [0.05, 0.1) is 0 Å². The summed E-state index contributed by atoms with van der Waals surface area (Å²) in [6.07, 6.45) is 6.17. The van der Waals surface area contributed by atoms with E-state index in [1.54, 1.807) is 18.3 Å². The molecule has 0 amide bonds. The van der Waals surface area contributed by atoms with E-state index in [-0.39, 0.29) is 5.54 Å². The van der Waals surface area contributed by atoms with Gasteiger partial charge in [-0.15, -0.1) is 0 Å². The van der Waals surface area contributed by atoms with Crippen LogP contribution in [0.15, 0.2) is 30.5 Å². The first-order chi connectivity index (χ1) is 11.1. The molecule has 0 aromatic carbocycles. The summed E-state index contributed by atoms with van der Waals surface area (Å²) in [6, 6.07) is 7.77. The molecule has 120 valence electrons. The molecule has 2 fully saturated rings. The minimum Gasteiger partial charge on any atom is -0.399 e. The normalized spacial score (nSPS) is 18.9. The molecule has 23 heavy (non-hydrogen) atoms. The van der Waals surface area contributed by atoms with Gasteiger partial charge >= 0.3 is 0 Å². The molecule has 3 heterocycles. The Morgan fingerprint density at radius 1 is 1.09 bits per heavy atom. The lowest BCUT2D eigenvalue weighted by Gasteiger charge is -2.40. The Kier molecular flexibility index (Phi) is 3.34. The largest absolute Gasteiger partial charge is 0.399 e. The Morgan fingerprint density at radius 3 is 2.52 bits per heavy atom. The lowest BCUT2D eigenvalue weighted by atomic mass is 9.73. The number of hydrogen-bond donors (Lipinski definition) is 3. The van der Waals surface area contributed by atoms with E-state index in [1.807, 2.05) is 6.07 Å². The fourth-order valence-electron chi connectivity index (χ4n) is 3.07. The second-order valence-corrected chi connectivity index (χ2v) is 6.55. The molecule has 2 aliphatic rings. The summed E-state index contributed by atoms with van der Waals surface area (Å²) >= 11 is 0. The average Bonchev–Trinajstić information content (AvgIpc) is 2.42. The number of nitrogens with one attached hydrogen (secondary N) is 1. The van der Waals surface area contributed by atoms with Crippen molar-refractivity contribution >= 4 is 23.1 Å². The smallest absolute Gasteiger partial charge is 0.134 e. The molecule has 6 nitrogen and oxygen atoms in total. The van der Waals surface area contributed by atoms with Crippen molar-refractivity contribution in [1.82, 2.24) is 9.97 Å². The second-order valence-electron chi connectivity index (χ2n) is 6.55. The van der Waals surface area contributed by atoms with Gasteiger partial charge < -0.3 is 21.7 Å². The van der Waals surface area contributed by atoms with E-state index in [0.29, 0.717) is 11.5 Å². The van der Waals surface area contributed by atoms with Crippen LogP contribution in [-0.2, 0) is 5.54 Å². The third kappa shape index (κ3) is 2.70. The topological polar surface area (TPSA) is 93.1 Å². The van der Waals surface area contributed by atoms with Crippen LogP contribution in [0.2, 0.25) is 0 Å². The first-order valence-electron chi connectivity index (χ1n) is 8.17. The predicted octanol–water partition coefficient (Wildman–Crippen LogP) is 2.35. The second kappa shape index (κ2) is 5.38. The molecule has 1 saturated carbocycles. The lowest BCUT2D eigenvalue weighted by molar-refractivity contribution is 0.253. The number of nitrogens with two attached hydrogens (primary N) is 2. The molecule has 0 spiro atoms. The molecule has 0 unspecified atom stereocenters. The molecule has 2 aromatic rings. The van der Waals surface area contributed by atoms with Crippen LogP contribution in [0.1, 0.15) is 31.2 Å². The van der Waals surface area contributed by atoms with Gasteiger partial charge in [0.1, 0.15) is 17.5 Å². The van der Waals surface area contributed by atoms with Crippen LogP contribution in [0.3, 0.4) is 0 Å². The lowest BCUT2D eigenvalue weighted by Crippen LogP contribution is -2.44. The highest BCUT2D eigenvalue weighted by atomic mass is 15.2. The molecular formula is C17H22N6. The summed E-state index contributed by atoms with van der Waals surface area (Å²) in [5.41, 5.74) is 14.0. The zero-order valence-corrected chi connectivity index (χ0v) is 13.1. The molecule has 0 radical (unpaired) electrons. The summed E-state index contributed by atoms with van der Waals surface area (Å²) in [6.45, 7) is 2.12. The van der Waals surface area contributed by atoms with E-state index in [4.69, 9.17) is 16.5 Å². The number of rotatable bonds is 4. The fraction of sp³-hybridized carbons (Fsp3) is 0.412. The predicted molar refractivity (Wildman–Crippen MR) is 92.7 cm³/mol. The van der Waals surface area contributed by atoms with Gasteiger partial charge in [-0.05, 0) is 49.4 Å². The summed E-state index contributed by atoms with van der Waals surface area (Å²) in [4.78, 5) is 11.3. The number of pyridine rings is 2. The molecular weight excluding hydrogens is 288 g/mol. The number of anilines is 4. The monoisotopic (exact) mass is 310 g/mol. The molecule has 5 N–H and O–H groups in total. The molecule has 1 saturated heterocycles. The summed E-state index contributed by atoms with van der Waals surface area (Å²) in [5.74, 6) is 2.47. The van der Waals surface area contributed by atoms with Crippen molar-refractivity contribution in [2.45, 2.75) is 31.2 Å². The summed E-state index contributed by atoms with van der Waals surface area (Å²) in [5, 5.41) is 3.26. The van der Waals surface area contributed by atoms with Crippen molar-refractivity contribution in [3.05, 3.63) is 36.0 Å². The standard InChI is InChI=1S/C17H22N6/c18-13-3-6-20-14(11-13)21-15-9-12(17(19)4-1-5-17)10-16(22-15)23-7-2-8-23/h3,6,9-11H,1-2,4-5,7-8,19H2,(H3,18,20,21,22). The van der Waals surface area contributed by atoms with Gasteiger partial charge in [0, 0.05) is 36.6 Å². The van der Waals surface area contributed by atoms with Crippen molar-refractivity contribution in [3.8, 4) is 0 Å². The van der Waals surface area contributed by atoms with E-state index in [9.17, 15) is 0 Å². The Labute approximate surface area is 135 Å². The zero-order valence-electron chi connectivity index (χ0n) is 13.1. The van der Waals surface area contributed by atoms with Crippen LogP contribution >= 0.6 is 0 Å². The first-order valence-corrected chi connectivity index (χ1v) is 8.17. The summed E-state index contributed by atoms with van der Waals surface area (Å²) < 4.78 is 0. The van der Waals surface area contributed by atoms with Crippen LogP contribution in [0, 0.1) is 0 Å². The van der Waals surface area contributed by atoms with Gasteiger partial charge in [0.15, 0.2) is 0 Å². The van der Waals surface area contributed by atoms with Gasteiger partial charge in [-0.3, -0.25) is 0 Å². The SMILES string of the molecule is Nc1ccnc(Nc2cc(C3(N)CCC3)cc(N3CCC3)n2)c1. The number of hydrogen-bond acceptors (Lipinski definition) is 6. The Bertz CT molecular complexity index is 721. The zero-order chi connectivity index (χ0) is 15.9. The van der Waals surface area contributed by atoms with Crippen LogP contribution in [0.5, 0.6) is 0 Å². The van der Waals surface area contributed by atoms with Crippen molar-refractivity contribution in [1.29, 1.82) is 0 Å². The maximum Gasteiger partial charge on any atom is 0.134 e. The van der Waals surface area contributed by atoms with Gasteiger partial charge in [0.2, 0.25) is 0 Å². The minimum atomic E-state index is -0.206. The summed E-state index contributed by atoms with van der Waals surface area (Å²) in [7, 11) is 0. The van der Waals surface area contributed by atoms with Crippen molar-refractivity contribution < 1.29 is 0 Å². The molecule has 0 atom stereocenters. The quantitative estimate of drug-likeness (QED) is 0.802. The van der Waals surface area contributed by atoms with E-state index < -0.39 is 0 Å². The first kappa shape index (κ1) is 14.3. The highest BCUT2D eigenvalue weighted by Crippen LogP contribution is 2.40. The van der Waals surface area contributed by atoms with E-state index in [0.717, 1.165) is 43.1 Å². The number of nitrogens with zero attached hydrogens (tertiary/aromatic N) is 3. The van der Waals surface area contributed by atoms with E-state index in [1.165, 1.54) is 12.8 Å². The molecule has 2 aromatic heterocycles. The van der Waals surface area contributed by atoms with Crippen LogP contribution in [0.25, 0.3) is 0 Å². The van der Waals surface area contributed by atoms with E-state index in [2.05, 4.69) is 21.3 Å². The average molecular weight is 310 g/mol. The van der Waals surface area contributed by atoms with Crippen molar-refractivity contribution in [3.63, 3.8) is 0 Å². The highest BCUT2D eigenvalue weighted by Gasteiger charge is 2.35. The Morgan fingerprint density at radius 2 is 1.91 bits per heavy atom. The fourth-order valence-corrected chi connectivity index (χ4v) is 3.07.